The first-order valence-corrected chi connectivity index (χ1v) is 7.17. The van der Waals surface area contributed by atoms with E-state index in [9.17, 15) is 0 Å². The summed E-state index contributed by atoms with van der Waals surface area (Å²) >= 11 is 0. The Kier molecular flexibility index (Phi) is 4.08. The Morgan fingerprint density at radius 2 is 1.94 bits per heavy atom. The van der Waals surface area contributed by atoms with E-state index >= 15 is 0 Å². The molecule has 1 saturated carbocycles. The fourth-order valence-corrected chi connectivity index (χ4v) is 3.61. The summed E-state index contributed by atoms with van der Waals surface area (Å²) < 4.78 is 0. The first-order valence-electron chi connectivity index (χ1n) is 7.17. The maximum Gasteiger partial charge on any atom is 0.0518 e. The van der Waals surface area contributed by atoms with Crippen molar-refractivity contribution in [3.63, 3.8) is 0 Å². The highest BCUT2D eigenvalue weighted by Gasteiger charge is 2.40. The third-order valence-corrected chi connectivity index (χ3v) is 5.04. The Morgan fingerprint density at radius 1 is 1.28 bits per heavy atom. The lowest BCUT2D eigenvalue weighted by Gasteiger charge is -2.37. The molecule has 18 heavy (non-hydrogen) atoms. The Bertz CT molecular complexity index is 406. The minimum Gasteiger partial charge on any atom is -0.271 e. The molecular weight excluding hydrogens is 220 g/mol. The van der Waals surface area contributed by atoms with E-state index in [1.165, 1.54) is 48.8 Å². The highest BCUT2D eigenvalue weighted by molar-refractivity contribution is 5.36. The quantitative estimate of drug-likeness (QED) is 0.627. The van der Waals surface area contributed by atoms with Crippen molar-refractivity contribution >= 4 is 0 Å². The number of hydrogen-bond acceptors (Lipinski definition) is 2. The molecule has 0 spiro atoms. The Labute approximate surface area is 111 Å². The average Bonchev–Trinajstić information content (AvgIpc) is 2.85. The number of hydrazine groups is 1. The summed E-state index contributed by atoms with van der Waals surface area (Å²) in [5, 5.41) is 0. The van der Waals surface area contributed by atoms with Crippen LogP contribution in [0.25, 0.3) is 0 Å². The highest BCUT2D eigenvalue weighted by atomic mass is 15.2. The normalized spacial score (nSPS) is 20.0. The van der Waals surface area contributed by atoms with Crippen molar-refractivity contribution < 1.29 is 0 Å². The van der Waals surface area contributed by atoms with Crippen LogP contribution in [0, 0.1) is 19.3 Å². The summed E-state index contributed by atoms with van der Waals surface area (Å²) in [6.07, 6.45) is 6.49. The van der Waals surface area contributed by atoms with Crippen LogP contribution in [0.2, 0.25) is 0 Å². The second kappa shape index (κ2) is 5.41. The molecule has 0 radical (unpaired) electrons. The summed E-state index contributed by atoms with van der Waals surface area (Å²) in [6.45, 7) is 6.70. The summed E-state index contributed by atoms with van der Waals surface area (Å²) in [6, 6.07) is 6.87. The molecule has 1 aliphatic rings. The summed E-state index contributed by atoms with van der Waals surface area (Å²) in [5.41, 5.74) is 7.61. The van der Waals surface area contributed by atoms with Gasteiger partial charge in [0.1, 0.15) is 0 Å². The Hall–Kier alpha value is -0.860. The zero-order valence-electron chi connectivity index (χ0n) is 11.9. The van der Waals surface area contributed by atoms with Crippen molar-refractivity contribution in [3.8, 4) is 0 Å². The van der Waals surface area contributed by atoms with Crippen molar-refractivity contribution in [2.75, 3.05) is 0 Å². The minimum atomic E-state index is 0.296. The second-order valence-electron chi connectivity index (χ2n) is 5.81. The van der Waals surface area contributed by atoms with Crippen LogP contribution in [0.5, 0.6) is 0 Å². The van der Waals surface area contributed by atoms with Gasteiger partial charge in [-0.15, -0.1) is 0 Å². The van der Waals surface area contributed by atoms with Gasteiger partial charge in [0.2, 0.25) is 0 Å². The fourth-order valence-electron chi connectivity index (χ4n) is 3.61. The lowest BCUT2D eigenvalue weighted by molar-refractivity contribution is 0.187. The SMILES string of the molecule is CCC1(C(NN)c2cccc(C)c2C)CCCC1. The maximum atomic E-state index is 5.91. The van der Waals surface area contributed by atoms with Crippen LogP contribution in [0.3, 0.4) is 0 Å². The van der Waals surface area contributed by atoms with E-state index in [4.69, 9.17) is 5.84 Å². The van der Waals surface area contributed by atoms with Gasteiger partial charge >= 0.3 is 0 Å². The number of benzene rings is 1. The average molecular weight is 246 g/mol. The van der Waals surface area contributed by atoms with E-state index in [1.54, 1.807) is 0 Å². The van der Waals surface area contributed by atoms with E-state index < -0.39 is 0 Å². The highest BCUT2D eigenvalue weighted by Crippen LogP contribution is 2.50. The summed E-state index contributed by atoms with van der Waals surface area (Å²) in [5.74, 6) is 5.91. The Balaban J connectivity index is 2.41. The van der Waals surface area contributed by atoms with E-state index in [0.29, 0.717) is 11.5 Å². The molecule has 0 aliphatic heterocycles. The summed E-state index contributed by atoms with van der Waals surface area (Å²) in [4.78, 5) is 0. The molecular formula is C16H26N2. The summed E-state index contributed by atoms with van der Waals surface area (Å²) in [7, 11) is 0. The zero-order chi connectivity index (χ0) is 13.2. The number of nitrogens with two attached hydrogens (primary N) is 1. The van der Waals surface area contributed by atoms with Crippen molar-refractivity contribution in [2.45, 2.75) is 58.9 Å². The van der Waals surface area contributed by atoms with E-state index in [0.717, 1.165) is 0 Å². The van der Waals surface area contributed by atoms with E-state index in [-0.39, 0.29) is 0 Å². The molecule has 0 amide bonds. The van der Waals surface area contributed by atoms with Gasteiger partial charge in [0, 0.05) is 0 Å². The van der Waals surface area contributed by atoms with Crippen LogP contribution in [-0.2, 0) is 0 Å². The molecule has 2 heteroatoms. The van der Waals surface area contributed by atoms with Gasteiger partial charge in [-0.25, -0.2) is 0 Å². The standard InChI is InChI=1S/C16H26N2/c1-4-16(10-5-6-11-16)15(18-17)14-9-7-8-12(2)13(14)3/h7-9,15,18H,4-6,10-11,17H2,1-3H3. The maximum absolute atomic E-state index is 5.91. The third kappa shape index (κ3) is 2.19. The first kappa shape index (κ1) is 13.6. The van der Waals surface area contributed by atoms with Crippen molar-refractivity contribution in [1.82, 2.24) is 5.43 Å². The van der Waals surface area contributed by atoms with Crippen LogP contribution >= 0.6 is 0 Å². The molecule has 1 unspecified atom stereocenters. The molecule has 1 aromatic rings. The third-order valence-electron chi connectivity index (χ3n) is 5.04. The van der Waals surface area contributed by atoms with Gasteiger partial charge in [-0.05, 0) is 55.2 Å². The van der Waals surface area contributed by atoms with Gasteiger partial charge in [0.25, 0.3) is 0 Å². The van der Waals surface area contributed by atoms with Gasteiger partial charge in [-0.2, -0.15) is 0 Å². The molecule has 1 aromatic carbocycles. The second-order valence-corrected chi connectivity index (χ2v) is 5.81. The van der Waals surface area contributed by atoms with Crippen molar-refractivity contribution in [1.29, 1.82) is 0 Å². The van der Waals surface area contributed by atoms with E-state index in [2.05, 4.69) is 44.4 Å². The number of aryl methyl sites for hydroxylation is 1. The first-order chi connectivity index (χ1) is 8.64. The molecule has 2 rings (SSSR count). The van der Waals surface area contributed by atoms with Crippen LogP contribution in [-0.4, -0.2) is 0 Å². The monoisotopic (exact) mass is 246 g/mol. The predicted molar refractivity (Wildman–Crippen MR) is 77.2 cm³/mol. The lowest BCUT2D eigenvalue weighted by Crippen LogP contribution is -2.40. The smallest absolute Gasteiger partial charge is 0.0518 e. The molecule has 0 heterocycles. The fraction of sp³-hybridized carbons (Fsp3) is 0.625. The minimum absolute atomic E-state index is 0.296. The van der Waals surface area contributed by atoms with Gasteiger partial charge in [0.05, 0.1) is 6.04 Å². The molecule has 1 fully saturated rings. The molecule has 2 nitrogen and oxygen atoms in total. The van der Waals surface area contributed by atoms with Gasteiger partial charge < -0.3 is 0 Å². The van der Waals surface area contributed by atoms with Crippen LogP contribution in [0.1, 0.15) is 61.8 Å². The van der Waals surface area contributed by atoms with Gasteiger partial charge in [-0.1, -0.05) is 38.0 Å². The largest absolute Gasteiger partial charge is 0.271 e. The van der Waals surface area contributed by atoms with Gasteiger partial charge in [0.15, 0.2) is 0 Å². The van der Waals surface area contributed by atoms with Gasteiger partial charge in [-0.3, -0.25) is 11.3 Å². The van der Waals surface area contributed by atoms with Crippen molar-refractivity contribution in [3.05, 3.63) is 34.9 Å². The molecule has 0 aromatic heterocycles. The van der Waals surface area contributed by atoms with Crippen LogP contribution < -0.4 is 11.3 Å². The molecule has 0 bridgehead atoms. The topological polar surface area (TPSA) is 38.0 Å². The number of rotatable bonds is 4. The molecule has 100 valence electrons. The van der Waals surface area contributed by atoms with Crippen molar-refractivity contribution in [2.24, 2.45) is 11.3 Å². The number of hydrogen-bond donors (Lipinski definition) is 2. The molecule has 1 aliphatic carbocycles. The molecule has 3 N–H and O–H groups in total. The lowest BCUT2D eigenvalue weighted by atomic mass is 9.72. The number of nitrogens with one attached hydrogen (secondary N) is 1. The van der Waals surface area contributed by atoms with Crippen LogP contribution in [0.4, 0.5) is 0 Å². The van der Waals surface area contributed by atoms with E-state index in [1.807, 2.05) is 0 Å². The predicted octanol–water partition coefficient (Wildman–Crippen LogP) is 3.78. The molecule has 1 atom stereocenters. The molecule has 0 saturated heterocycles. The Morgan fingerprint density at radius 3 is 2.50 bits per heavy atom. The van der Waals surface area contributed by atoms with Crippen LogP contribution in [0.15, 0.2) is 18.2 Å². The zero-order valence-corrected chi connectivity index (χ0v) is 11.9.